The van der Waals surface area contributed by atoms with Gasteiger partial charge in [0.05, 0.1) is 19.0 Å². The number of anilines is 1. The molecule has 0 aliphatic rings. The first kappa shape index (κ1) is 16.6. The van der Waals surface area contributed by atoms with Crippen LogP contribution >= 0.6 is 0 Å². The number of ether oxygens (including phenoxy) is 1. The van der Waals surface area contributed by atoms with Crippen molar-refractivity contribution in [3.63, 3.8) is 0 Å². The molecule has 0 aliphatic carbocycles. The molecule has 0 radical (unpaired) electrons. The smallest absolute Gasteiger partial charge is 0.137 e. The lowest BCUT2D eigenvalue weighted by molar-refractivity contribution is 0.413. The van der Waals surface area contributed by atoms with Crippen LogP contribution in [0.25, 0.3) is 22.4 Å². The summed E-state index contributed by atoms with van der Waals surface area (Å²) in [6, 6.07) is 12.2. The van der Waals surface area contributed by atoms with Crippen molar-refractivity contribution in [3.05, 3.63) is 65.6 Å². The molecule has 3 rings (SSSR count). The Morgan fingerprint density at radius 3 is 2.56 bits per heavy atom. The summed E-state index contributed by atoms with van der Waals surface area (Å²) in [5.41, 5.74) is 10.8. The quantitative estimate of drug-likeness (QED) is 0.546. The maximum Gasteiger partial charge on any atom is 0.137 e. The molecule has 5 heteroatoms. The average Bonchev–Trinajstić information content (AvgIpc) is 2.64. The predicted molar refractivity (Wildman–Crippen MR) is 98.7 cm³/mol. The van der Waals surface area contributed by atoms with Gasteiger partial charge in [-0.2, -0.15) is 0 Å². The van der Waals surface area contributed by atoms with Crippen LogP contribution in [0.5, 0.6) is 5.75 Å². The summed E-state index contributed by atoms with van der Waals surface area (Å²) in [5, 5.41) is 7.50. The summed E-state index contributed by atoms with van der Waals surface area (Å²) < 4.78 is 18.9. The molecule has 0 spiro atoms. The van der Waals surface area contributed by atoms with E-state index in [0.717, 1.165) is 16.7 Å². The first-order valence-corrected chi connectivity index (χ1v) is 7.74. The summed E-state index contributed by atoms with van der Waals surface area (Å²) in [6.45, 7) is 1.72. The monoisotopic (exact) mass is 335 g/mol. The van der Waals surface area contributed by atoms with Gasteiger partial charge in [-0.3, -0.25) is 4.98 Å². The number of nitrogens with two attached hydrogens (primary N) is 1. The fourth-order valence-electron chi connectivity index (χ4n) is 2.67. The van der Waals surface area contributed by atoms with Crippen LogP contribution in [0.3, 0.4) is 0 Å². The number of pyridine rings is 1. The molecule has 3 N–H and O–H groups in total. The lowest BCUT2D eigenvalue weighted by Crippen LogP contribution is -1.96. The molecule has 4 nitrogen and oxygen atoms in total. The Hall–Kier alpha value is -3.21. The largest absolute Gasteiger partial charge is 0.495 e. The highest BCUT2D eigenvalue weighted by Gasteiger charge is 2.13. The Labute approximate surface area is 145 Å². The topological polar surface area (TPSA) is 72.0 Å². The van der Waals surface area contributed by atoms with Crippen molar-refractivity contribution in [2.75, 3.05) is 12.8 Å². The molecule has 0 aliphatic heterocycles. The van der Waals surface area contributed by atoms with Crippen LogP contribution in [0.4, 0.5) is 10.1 Å². The molecular weight excluding hydrogens is 317 g/mol. The normalized spacial score (nSPS) is 10.5. The molecule has 0 atom stereocenters. The Morgan fingerprint density at radius 2 is 1.88 bits per heavy atom. The van der Waals surface area contributed by atoms with Crippen molar-refractivity contribution in [2.45, 2.75) is 6.92 Å². The standard InChI is InChI=1S/C20H18FN3O/c1-12-7-14(3-5-18(12)21)20-17(9-16(25-2)11-24-20)13-4-6-19(23)15(8-13)10-22/h3-11,22H,23H2,1-2H3. The number of hydrogen-bond acceptors (Lipinski definition) is 4. The summed E-state index contributed by atoms with van der Waals surface area (Å²) in [7, 11) is 1.58. The molecule has 0 bridgehead atoms. The van der Waals surface area contributed by atoms with Gasteiger partial charge in [0, 0.05) is 28.6 Å². The maximum absolute atomic E-state index is 13.6. The lowest BCUT2D eigenvalue weighted by atomic mass is 9.96. The van der Waals surface area contributed by atoms with Gasteiger partial charge in [-0.1, -0.05) is 6.07 Å². The summed E-state index contributed by atoms with van der Waals surface area (Å²) in [5.74, 6) is 0.364. The summed E-state index contributed by atoms with van der Waals surface area (Å²) in [4.78, 5) is 4.51. The summed E-state index contributed by atoms with van der Waals surface area (Å²) >= 11 is 0. The Morgan fingerprint density at radius 1 is 1.12 bits per heavy atom. The maximum atomic E-state index is 13.6. The summed E-state index contributed by atoms with van der Waals surface area (Å²) in [6.07, 6.45) is 2.85. The number of benzene rings is 2. The fraction of sp³-hybridized carbons (Fsp3) is 0.100. The SMILES string of the molecule is COc1cnc(-c2ccc(F)c(C)c2)c(-c2ccc(N)c(C=N)c2)c1. The number of rotatable bonds is 4. The number of halogens is 1. The highest BCUT2D eigenvalue weighted by Crippen LogP contribution is 2.34. The second-order valence-corrected chi connectivity index (χ2v) is 5.72. The van der Waals surface area contributed by atoms with Gasteiger partial charge in [-0.25, -0.2) is 4.39 Å². The fourth-order valence-corrected chi connectivity index (χ4v) is 2.67. The van der Waals surface area contributed by atoms with E-state index in [1.165, 1.54) is 12.3 Å². The van der Waals surface area contributed by atoms with Gasteiger partial charge in [0.25, 0.3) is 0 Å². The number of nitrogens with zero attached hydrogens (tertiary/aromatic N) is 1. The molecule has 25 heavy (non-hydrogen) atoms. The van der Waals surface area contributed by atoms with E-state index in [1.54, 1.807) is 38.4 Å². The number of aromatic nitrogens is 1. The predicted octanol–water partition coefficient (Wildman–Crippen LogP) is 4.45. The van der Waals surface area contributed by atoms with Crippen molar-refractivity contribution >= 4 is 11.9 Å². The van der Waals surface area contributed by atoms with Crippen molar-refractivity contribution < 1.29 is 9.13 Å². The van der Waals surface area contributed by atoms with Gasteiger partial charge in [-0.15, -0.1) is 0 Å². The second-order valence-electron chi connectivity index (χ2n) is 5.72. The Kier molecular flexibility index (Phi) is 4.48. The van der Waals surface area contributed by atoms with Crippen molar-refractivity contribution in [3.8, 4) is 28.1 Å². The van der Waals surface area contributed by atoms with Crippen LogP contribution in [0.15, 0.2) is 48.7 Å². The van der Waals surface area contributed by atoms with Crippen molar-refractivity contribution in [2.24, 2.45) is 0 Å². The molecule has 0 fully saturated rings. The molecule has 0 saturated carbocycles. The van der Waals surface area contributed by atoms with E-state index in [0.29, 0.717) is 28.3 Å². The van der Waals surface area contributed by atoms with E-state index in [4.69, 9.17) is 15.9 Å². The van der Waals surface area contributed by atoms with Crippen LogP contribution in [0, 0.1) is 18.2 Å². The second kappa shape index (κ2) is 6.73. The average molecular weight is 335 g/mol. The Balaban J connectivity index is 2.23. The third-order valence-electron chi connectivity index (χ3n) is 4.08. The molecule has 2 aromatic carbocycles. The van der Waals surface area contributed by atoms with Crippen molar-refractivity contribution in [1.82, 2.24) is 4.98 Å². The zero-order valence-corrected chi connectivity index (χ0v) is 14.0. The molecule has 1 heterocycles. The van der Waals surface area contributed by atoms with Gasteiger partial charge >= 0.3 is 0 Å². The highest BCUT2D eigenvalue weighted by molar-refractivity contribution is 5.90. The minimum absolute atomic E-state index is 0.252. The zero-order valence-electron chi connectivity index (χ0n) is 14.0. The molecule has 126 valence electrons. The highest BCUT2D eigenvalue weighted by atomic mass is 19.1. The van der Waals surface area contributed by atoms with E-state index >= 15 is 0 Å². The van der Waals surface area contributed by atoms with Crippen LogP contribution in [-0.2, 0) is 0 Å². The number of methoxy groups -OCH3 is 1. The van der Waals surface area contributed by atoms with Crippen LogP contribution < -0.4 is 10.5 Å². The molecule has 1 aromatic heterocycles. The number of nitrogen functional groups attached to an aromatic ring is 1. The van der Waals surface area contributed by atoms with Gasteiger partial charge in [0.2, 0.25) is 0 Å². The first-order valence-electron chi connectivity index (χ1n) is 7.74. The minimum Gasteiger partial charge on any atom is -0.495 e. The third kappa shape index (κ3) is 3.21. The van der Waals surface area contributed by atoms with Crippen LogP contribution in [0.2, 0.25) is 0 Å². The van der Waals surface area contributed by atoms with E-state index in [9.17, 15) is 4.39 Å². The van der Waals surface area contributed by atoms with Gasteiger partial charge < -0.3 is 15.9 Å². The molecule has 0 amide bonds. The van der Waals surface area contributed by atoms with Gasteiger partial charge in [-0.05, 0) is 54.4 Å². The molecule has 3 aromatic rings. The number of hydrogen-bond donors (Lipinski definition) is 2. The van der Waals surface area contributed by atoms with Gasteiger partial charge in [0.15, 0.2) is 0 Å². The number of nitrogens with one attached hydrogen (secondary N) is 1. The molecular formula is C20H18FN3O. The molecule has 0 unspecified atom stereocenters. The van der Waals surface area contributed by atoms with Crippen LogP contribution in [0.1, 0.15) is 11.1 Å². The minimum atomic E-state index is -0.252. The van der Waals surface area contributed by atoms with E-state index in [1.807, 2.05) is 18.2 Å². The van der Waals surface area contributed by atoms with Crippen molar-refractivity contribution in [1.29, 1.82) is 5.41 Å². The number of aryl methyl sites for hydroxylation is 1. The zero-order chi connectivity index (χ0) is 18.0. The lowest BCUT2D eigenvalue weighted by Gasteiger charge is -2.13. The Bertz CT molecular complexity index is 954. The van der Waals surface area contributed by atoms with E-state index in [2.05, 4.69) is 4.98 Å². The van der Waals surface area contributed by atoms with E-state index < -0.39 is 0 Å². The molecule has 0 saturated heterocycles. The van der Waals surface area contributed by atoms with Crippen LogP contribution in [-0.4, -0.2) is 18.3 Å². The van der Waals surface area contributed by atoms with E-state index in [-0.39, 0.29) is 5.82 Å². The van der Waals surface area contributed by atoms with Gasteiger partial charge in [0.1, 0.15) is 11.6 Å². The first-order chi connectivity index (χ1) is 12.0. The third-order valence-corrected chi connectivity index (χ3v) is 4.08.